The lowest BCUT2D eigenvalue weighted by atomic mass is 9.68. The van der Waals surface area contributed by atoms with E-state index in [0.29, 0.717) is 5.54 Å². The van der Waals surface area contributed by atoms with Gasteiger partial charge in [0.15, 0.2) is 0 Å². The zero-order valence-corrected chi connectivity index (χ0v) is 12.9. The monoisotopic (exact) mass is 264 g/mol. The van der Waals surface area contributed by atoms with Gasteiger partial charge in [0.25, 0.3) is 0 Å². The molecule has 0 aromatic carbocycles. The second kappa shape index (κ2) is 5.37. The van der Waals surface area contributed by atoms with Crippen LogP contribution in [0.1, 0.15) is 58.8 Å². The fourth-order valence-corrected chi connectivity index (χ4v) is 4.25. The van der Waals surface area contributed by atoms with Crippen LogP contribution in [0, 0.1) is 23.7 Å². The molecule has 2 N–H and O–H groups in total. The largest absolute Gasteiger partial charge is 0.329 e. The lowest BCUT2D eigenvalue weighted by Gasteiger charge is -2.52. The summed E-state index contributed by atoms with van der Waals surface area (Å²) in [5.74, 6) is 3.67. The van der Waals surface area contributed by atoms with Gasteiger partial charge in [-0.1, -0.05) is 13.8 Å². The Morgan fingerprint density at radius 3 is 2.00 bits per heavy atom. The van der Waals surface area contributed by atoms with Crippen molar-refractivity contribution in [2.75, 3.05) is 19.6 Å². The van der Waals surface area contributed by atoms with Gasteiger partial charge < -0.3 is 5.73 Å². The Bertz CT molecular complexity index is 294. The highest BCUT2D eigenvalue weighted by Crippen LogP contribution is 2.44. The maximum absolute atomic E-state index is 6.33. The molecule has 0 bridgehead atoms. The second-order valence-electron chi connectivity index (χ2n) is 7.88. The molecule has 3 aliphatic rings. The third-order valence-electron chi connectivity index (χ3n) is 6.08. The second-order valence-corrected chi connectivity index (χ2v) is 7.88. The number of hydrogen-bond donors (Lipinski definition) is 1. The van der Waals surface area contributed by atoms with Crippen molar-refractivity contribution < 1.29 is 0 Å². The highest BCUT2D eigenvalue weighted by atomic mass is 15.2. The molecule has 0 aromatic rings. The molecule has 0 radical (unpaired) electrons. The molecule has 0 amide bonds. The van der Waals surface area contributed by atoms with Gasteiger partial charge in [0.2, 0.25) is 0 Å². The summed E-state index contributed by atoms with van der Waals surface area (Å²) in [6.45, 7) is 8.44. The van der Waals surface area contributed by atoms with Gasteiger partial charge >= 0.3 is 0 Å². The third-order valence-corrected chi connectivity index (χ3v) is 6.08. The zero-order valence-electron chi connectivity index (χ0n) is 12.9. The minimum absolute atomic E-state index is 0.331. The van der Waals surface area contributed by atoms with Crippen LogP contribution in [0.25, 0.3) is 0 Å². The van der Waals surface area contributed by atoms with E-state index in [9.17, 15) is 0 Å². The molecule has 3 fully saturated rings. The van der Waals surface area contributed by atoms with Gasteiger partial charge in [-0.15, -0.1) is 0 Å². The molecular formula is C17H32N2. The number of hydrogen-bond acceptors (Lipinski definition) is 2. The third kappa shape index (κ3) is 3.00. The van der Waals surface area contributed by atoms with E-state index in [1.165, 1.54) is 58.0 Å². The van der Waals surface area contributed by atoms with Crippen LogP contribution >= 0.6 is 0 Å². The summed E-state index contributed by atoms with van der Waals surface area (Å²) in [4.78, 5) is 2.86. The topological polar surface area (TPSA) is 29.3 Å². The normalized spacial score (nSPS) is 39.8. The minimum atomic E-state index is 0.331. The van der Waals surface area contributed by atoms with E-state index in [-0.39, 0.29) is 0 Å². The molecule has 0 spiro atoms. The van der Waals surface area contributed by atoms with Crippen molar-refractivity contribution in [3.05, 3.63) is 0 Å². The van der Waals surface area contributed by atoms with Crippen molar-refractivity contribution in [3.63, 3.8) is 0 Å². The summed E-state index contributed by atoms with van der Waals surface area (Å²) in [5, 5.41) is 0. The molecule has 0 aromatic heterocycles. The van der Waals surface area contributed by atoms with Gasteiger partial charge in [0, 0.05) is 25.2 Å². The van der Waals surface area contributed by atoms with Crippen molar-refractivity contribution in [1.29, 1.82) is 0 Å². The summed E-state index contributed by atoms with van der Waals surface area (Å²) in [6.07, 6.45) is 9.96. The quantitative estimate of drug-likeness (QED) is 0.798. The molecule has 2 heteroatoms. The van der Waals surface area contributed by atoms with Crippen LogP contribution < -0.4 is 5.73 Å². The van der Waals surface area contributed by atoms with Crippen molar-refractivity contribution in [3.8, 4) is 0 Å². The van der Waals surface area contributed by atoms with Gasteiger partial charge in [0.05, 0.1) is 0 Å². The summed E-state index contributed by atoms with van der Waals surface area (Å²) in [7, 11) is 0. The highest BCUT2D eigenvalue weighted by Gasteiger charge is 2.46. The van der Waals surface area contributed by atoms with E-state index >= 15 is 0 Å². The number of nitrogens with two attached hydrogens (primary N) is 1. The smallest absolute Gasteiger partial charge is 0.0357 e. The first kappa shape index (κ1) is 13.9. The maximum atomic E-state index is 6.33. The first-order valence-electron chi connectivity index (χ1n) is 8.59. The Balaban J connectivity index is 1.74. The molecule has 3 saturated carbocycles. The van der Waals surface area contributed by atoms with Gasteiger partial charge in [-0.2, -0.15) is 0 Å². The van der Waals surface area contributed by atoms with E-state index in [1.807, 2.05) is 0 Å². The standard InChI is InChI=1S/C17H32N2/c1-13-7-8-17(12-18,14(2)9-13)19(10-15-3-4-15)11-16-5-6-16/h13-16H,3-12,18H2,1-2H3. The molecule has 0 aliphatic heterocycles. The molecule has 3 unspecified atom stereocenters. The summed E-state index contributed by atoms with van der Waals surface area (Å²) in [5.41, 5.74) is 6.66. The van der Waals surface area contributed by atoms with Crippen molar-refractivity contribution in [2.24, 2.45) is 29.4 Å². The molecule has 110 valence electrons. The van der Waals surface area contributed by atoms with Crippen molar-refractivity contribution in [1.82, 2.24) is 4.90 Å². The highest BCUT2D eigenvalue weighted by molar-refractivity contribution is 5.02. The number of nitrogens with zero attached hydrogens (tertiary/aromatic N) is 1. The summed E-state index contributed by atoms with van der Waals surface area (Å²) < 4.78 is 0. The average Bonchev–Trinajstić information content (AvgIpc) is 3.24. The Labute approximate surface area is 119 Å². The lowest BCUT2D eigenvalue weighted by Crippen LogP contribution is -2.61. The minimum Gasteiger partial charge on any atom is -0.329 e. The average molecular weight is 264 g/mol. The fraction of sp³-hybridized carbons (Fsp3) is 1.00. The van der Waals surface area contributed by atoms with E-state index in [1.54, 1.807) is 0 Å². The molecule has 2 nitrogen and oxygen atoms in total. The van der Waals surface area contributed by atoms with Crippen molar-refractivity contribution >= 4 is 0 Å². The van der Waals surface area contributed by atoms with Crippen LogP contribution in [-0.2, 0) is 0 Å². The molecule has 3 aliphatic carbocycles. The molecule has 0 saturated heterocycles. The summed E-state index contributed by atoms with van der Waals surface area (Å²) >= 11 is 0. The van der Waals surface area contributed by atoms with Crippen LogP contribution in [-0.4, -0.2) is 30.1 Å². The Hall–Kier alpha value is -0.0800. The molecule has 19 heavy (non-hydrogen) atoms. The zero-order chi connectivity index (χ0) is 13.5. The molecule has 3 rings (SSSR count). The number of rotatable bonds is 6. The first-order valence-corrected chi connectivity index (χ1v) is 8.59. The van der Waals surface area contributed by atoms with Crippen LogP contribution in [0.3, 0.4) is 0 Å². The molecule has 0 heterocycles. The van der Waals surface area contributed by atoms with Gasteiger partial charge in [-0.05, 0) is 68.6 Å². The fourth-order valence-electron chi connectivity index (χ4n) is 4.25. The Morgan fingerprint density at radius 2 is 1.58 bits per heavy atom. The first-order chi connectivity index (χ1) is 9.14. The Morgan fingerprint density at radius 1 is 1.00 bits per heavy atom. The van der Waals surface area contributed by atoms with Crippen LogP contribution in [0.15, 0.2) is 0 Å². The van der Waals surface area contributed by atoms with Crippen LogP contribution in [0.4, 0.5) is 0 Å². The Kier molecular flexibility index (Phi) is 3.92. The predicted octanol–water partition coefficient (Wildman–Crippen LogP) is 3.26. The van der Waals surface area contributed by atoms with Crippen LogP contribution in [0.2, 0.25) is 0 Å². The maximum Gasteiger partial charge on any atom is 0.0357 e. The van der Waals surface area contributed by atoms with Gasteiger partial charge in [-0.25, -0.2) is 0 Å². The SMILES string of the molecule is CC1CCC(CN)(N(CC2CC2)CC2CC2)C(C)C1. The van der Waals surface area contributed by atoms with Crippen LogP contribution in [0.5, 0.6) is 0 Å². The van der Waals surface area contributed by atoms with Gasteiger partial charge in [-0.3, -0.25) is 4.90 Å². The molecule has 3 atom stereocenters. The summed E-state index contributed by atoms with van der Waals surface area (Å²) in [6, 6.07) is 0. The predicted molar refractivity (Wildman–Crippen MR) is 81.0 cm³/mol. The molecular weight excluding hydrogens is 232 g/mol. The van der Waals surface area contributed by atoms with Gasteiger partial charge in [0.1, 0.15) is 0 Å². The van der Waals surface area contributed by atoms with E-state index in [2.05, 4.69) is 18.7 Å². The van der Waals surface area contributed by atoms with E-state index < -0.39 is 0 Å². The van der Waals surface area contributed by atoms with Crippen molar-refractivity contribution in [2.45, 2.75) is 64.3 Å². The van der Waals surface area contributed by atoms with E-state index in [4.69, 9.17) is 5.73 Å². The van der Waals surface area contributed by atoms with E-state index in [0.717, 1.165) is 30.2 Å². The lowest BCUT2D eigenvalue weighted by molar-refractivity contribution is -0.00656.